The van der Waals surface area contributed by atoms with Crippen LogP contribution in [-0.4, -0.2) is 0 Å². The van der Waals surface area contributed by atoms with E-state index in [2.05, 4.69) is 390 Å². The molecule has 0 aliphatic carbocycles. The Labute approximate surface area is 661 Å². The molecule has 2 aliphatic heterocycles. The van der Waals surface area contributed by atoms with E-state index in [4.69, 9.17) is 13.6 Å². The molecule has 0 fully saturated rings. The lowest BCUT2D eigenvalue weighted by molar-refractivity contribution is 0.263. The van der Waals surface area contributed by atoms with E-state index >= 15 is 0 Å². The fourth-order valence-electron chi connectivity index (χ4n) is 17.9. The Morgan fingerprint density at radius 3 is 1.55 bits per heavy atom. The van der Waals surface area contributed by atoms with Crippen LogP contribution in [0.25, 0.3) is 153 Å². The minimum Gasteiger partial charge on any atom is -0.464 e. The van der Waals surface area contributed by atoms with Crippen LogP contribution in [0.1, 0.15) is 22.7 Å². The summed E-state index contributed by atoms with van der Waals surface area (Å²) in [6.45, 7) is 0. The summed E-state index contributed by atoms with van der Waals surface area (Å²) in [6, 6.07) is 141. The molecule has 0 spiro atoms. The van der Waals surface area contributed by atoms with Gasteiger partial charge in [0.25, 0.3) is 0 Å². The summed E-state index contributed by atoms with van der Waals surface area (Å²) in [5, 5.41) is 23.9. The number of nitrogens with zero attached hydrogens (tertiary/aromatic N) is 2. The minimum absolute atomic E-state index is 0.0275. The Hall–Kier alpha value is -14.6. The summed E-state index contributed by atoms with van der Waals surface area (Å²) in [5.74, 6) is 0.892. The van der Waals surface area contributed by atoms with Crippen LogP contribution in [0.15, 0.2) is 402 Å². The Morgan fingerprint density at radius 1 is 0.263 bits per heavy atom. The molecule has 19 aromatic carbocycles. The van der Waals surface area contributed by atoms with E-state index in [1.165, 1.54) is 65.2 Å². The molecule has 7 nitrogen and oxygen atoms in total. The molecule has 0 saturated heterocycles. The zero-order valence-electron chi connectivity index (χ0n) is 61.6. The van der Waals surface area contributed by atoms with E-state index in [9.17, 15) is 0 Å². The highest BCUT2D eigenvalue weighted by molar-refractivity contribution is 8.00. The first-order chi connectivity index (χ1) is 56.5. The summed E-state index contributed by atoms with van der Waals surface area (Å²) < 4.78 is 20.2. The molecular formula is C106H68N4O3S. The van der Waals surface area contributed by atoms with Crippen molar-refractivity contribution < 1.29 is 13.6 Å². The van der Waals surface area contributed by atoms with Gasteiger partial charge in [-0.15, -0.1) is 0 Å². The molecule has 23 rings (SSSR count). The van der Waals surface area contributed by atoms with E-state index in [1.807, 2.05) is 30.0 Å². The highest BCUT2D eigenvalue weighted by Crippen LogP contribution is 2.54. The molecule has 2 aliphatic rings. The molecular weight excluding hydrogens is 1410 g/mol. The zero-order valence-corrected chi connectivity index (χ0v) is 62.4. The number of nitrogens with one attached hydrogen (secondary N) is 2. The molecule has 536 valence electrons. The van der Waals surface area contributed by atoms with Gasteiger partial charge in [-0.1, -0.05) is 279 Å². The third-order valence-corrected chi connectivity index (χ3v) is 24.5. The van der Waals surface area contributed by atoms with Crippen molar-refractivity contribution in [2.75, 3.05) is 20.4 Å². The third-order valence-electron chi connectivity index (χ3n) is 23.3. The predicted molar refractivity (Wildman–Crippen MR) is 477 cm³/mol. The number of benzene rings is 19. The molecule has 2 N–H and O–H groups in total. The standard InChI is InChI=1S/C106H68N4O3S/c1-4-19-69(20-5-1)105-107-94-57-49-68-47-55-87-83(32-15-37-92(87)100(68)104(94)113-105)66-44-51-79(52-45-66)109(77-25-6-2-7-26-77)81-30-14-23-73(62-81)85-34-18-40-96-101(85)93-38-17-35-86(103(93)112-96)72-22-12-24-75(59-72)106-108-102-98(114-106)58-50-67-46-54-88-84(33-16-36-91(88)99(67)102)74-42-41-65-43-53-82(63-76(65)60-74)110(78-27-8-3-9-28-78)80-29-13-21-70(61-80)71-48-56-90-89-31-10-11-39-95(89)111-97(90)64-71/h1-64,105-108H. The molecule has 2 unspecified atom stereocenters. The number of rotatable bonds is 13. The second-order valence-corrected chi connectivity index (χ2v) is 31.0. The number of thioether (sulfide) groups is 1. The van der Waals surface area contributed by atoms with Gasteiger partial charge in [-0.25, -0.2) is 0 Å². The Balaban J connectivity index is 0.536. The van der Waals surface area contributed by atoms with E-state index in [-0.39, 0.29) is 11.6 Å². The van der Waals surface area contributed by atoms with Gasteiger partial charge in [0.2, 0.25) is 0 Å². The molecule has 2 aromatic heterocycles. The summed E-state index contributed by atoms with van der Waals surface area (Å²) in [6.07, 6.45) is -0.253. The van der Waals surface area contributed by atoms with Crippen LogP contribution in [0.4, 0.5) is 45.5 Å². The molecule has 114 heavy (non-hydrogen) atoms. The maximum atomic E-state index is 7.06. The zero-order chi connectivity index (χ0) is 74.9. The van der Waals surface area contributed by atoms with Gasteiger partial charge in [0, 0.05) is 82.5 Å². The van der Waals surface area contributed by atoms with Crippen LogP contribution in [0.2, 0.25) is 0 Å². The number of furan rings is 2. The molecule has 4 heterocycles. The van der Waals surface area contributed by atoms with Crippen LogP contribution >= 0.6 is 11.8 Å². The summed E-state index contributed by atoms with van der Waals surface area (Å²) in [7, 11) is 0. The van der Waals surface area contributed by atoms with Crippen LogP contribution in [0, 0.1) is 0 Å². The van der Waals surface area contributed by atoms with Gasteiger partial charge in [-0.3, -0.25) is 0 Å². The van der Waals surface area contributed by atoms with Crippen molar-refractivity contribution in [1.82, 2.24) is 0 Å². The SMILES string of the molecule is c1ccc(C2Nc3ccc4ccc5c(-c6ccc(N(c7ccccc7)c7cccc(-c8cccc9oc%10c(-c%11cccc(C%12Nc%13c(ccc%14ccc%15c(-c%16ccc%17ccc(N(c%18ccccc%18)c%18cccc(-c%19ccc%20c(c%19)oc%19ccccc%19%20)c%18)cc%17c%16)cccc%15c%13%14)S%12)c%11)cccc%10c89)c7)cc6)cccc5c4c3O2)cc1. The van der Waals surface area contributed by atoms with Crippen LogP contribution in [0.3, 0.4) is 0 Å². The van der Waals surface area contributed by atoms with Gasteiger partial charge in [-0.05, 0) is 220 Å². The third kappa shape index (κ3) is 11.0. The number of hydrogen-bond acceptors (Lipinski definition) is 8. The maximum absolute atomic E-state index is 7.06. The fraction of sp³-hybridized carbons (Fsp3) is 0.0189. The van der Waals surface area contributed by atoms with Crippen molar-refractivity contribution in [1.29, 1.82) is 0 Å². The first-order valence-electron chi connectivity index (χ1n) is 38.9. The predicted octanol–water partition coefficient (Wildman–Crippen LogP) is 30.2. The normalized spacial score (nSPS) is 13.8. The van der Waals surface area contributed by atoms with E-state index in [0.717, 1.165) is 155 Å². The Bertz CT molecular complexity index is 7460. The summed E-state index contributed by atoms with van der Waals surface area (Å²) in [4.78, 5) is 5.95. The molecule has 0 amide bonds. The minimum atomic E-state index is -0.253. The van der Waals surface area contributed by atoms with Crippen molar-refractivity contribution in [2.24, 2.45) is 0 Å². The molecule has 8 heteroatoms. The lowest BCUT2D eigenvalue weighted by Gasteiger charge is -2.26. The molecule has 0 radical (unpaired) electrons. The van der Waals surface area contributed by atoms with E-state index in [0.29, 0.717) is 0 Å². The lowest BCUT2D eigenvalue weighted by atomic mass is 9.93. The van der Waals surface area contributed by atoms with Gasteiger partial charge in [0.05, 0.1) is 11.4 Å². The smallest absolute Gasteiger partial charge is 0.196 e. The van der Waals surface area contributed by atoms with E-state index in [1.54, 1.807) is 0 Å². The lowest BCUT2D eigenvalue weighted by Crippen LogP contribution is -2.09. The number of anilines is 8. The van der Waals surface area contributed by atoms with Crippen LogP contribution < -0.4 is 25.2 Å². The molecule has 2 atom stereocenters. The van der Waals surface area contributed by atoms with Crippen LogP contribution in [0.5, 0.6) is 5.75 Å². The van der Waals surface area contributed by atoms with Crippen molar-refractivity contribution in [3.63, 3.8) is 0 Å². The van der Waals surface area contributed by atoms with Crippen molar-refractivity contribution in [3.8, 4) is 61.4 Å². The van der Waals surface area contributed by atoms with Crippen molar-refractivity contribution in [2.45, 2.75) is 16.5 Å². The number of para-hydroxylation sites is 4. The molecule has 0 saturated carbocycles. The van der Waals surface area contributed by atoms with Gasteiger partial charge >= 0.3 is 0 Å². The van der Waals surface area contributed by atoms with Crippen molar-refractivity contribution in [3.05, 3.63) is 399 Å². The average Bonchev–Trinajstić information content (AvgIpc) is 1.37. The second kappa shape index (κ2) is 26.6. The highest BCUT2D eigenvalue weighted by atomic mass is 32.2. The second-order valence-electron chi connectivity index (χ2n) is 29.8. The van der Waals surface area contributed by atoms with Crippen molar-refractivity contribution >= 4 is 155 Å². The van der Waals surface area contributed by atoms with Gasteiger partial charge in [0.1, 0.15) is 27.7 Å². The van der Waals surface area contributed by atoms with Gasteiger partial charge in [-0.2, -0.15) is 0 Å². The first-order valence-corrected chi connectivity index (χ1v) is 39.7. The first kappa shape index (κ1) is 65.3. The number of ether oxygens (including phenoxy) is 1. The molecule has 0 bridgehead atoms. The summed E-state index contributed by atoms with van der Waals surface area (Å²) >= 11 is 1.88. The van der Waals surface area contributed by atoms with E-state index < -0.39 is 0 Å². The Morgan fingerprint density at radius 2 is 0.763 bits per heavy atom. The van der Waals surface area contributed by atoms with Gasteiger partial charge < -0.3 is 34.0 Å². The monoisotopic (exact) mass is 1480 g/mol. The largest absolute Gasteiger partial charge is 0.464 e. The summed E-state index contributed by atoms with van der Waals surface area (Å²) in [5.41, 5.74) is 25.6. The number of fused-ring (bicyclic) bond motifs is 17. The van der Waals surface area contributed by atoms with Gasteiger partial charge in [0.15, 0.2) is 12.0 Å². The quantitative estimate of drug-likeness (QED) is 0.111. The Kier molecular flexibility index (Phi) is 15.2. The highest BCUT2D eigenvalue weighted by Gasteiger charge is 2.30. The van der Waals surface area contributed by atoms with Crippen LogP contribution in [-0.2, 0) is 0 Å². The maximum Gasteiger partial charge on any atom is 0.196 e. The number of hydrogen-bond donors (Lipinski definition) is 2. The fourth-order valence-corrected chi connectivity index (χ4v) is 19.0. The average molecular weight is 1480 g/mol. The topological polar surface area (TPSA) is 66.0 Å². The molecule has 21 aromatic rings.